The van der Waals surface area contributed by atoms with Crippen LogP contribution in [0.5, 0.6) is 0 Å². The van der Waals surface area contributed by atoms with Gasteiger partial charge in [0, 0.05) is 6.42 Å². The number of nitrogens with two attached hydrogens (primary N) is 1. The van der Waals surface area contributed by atoms with Crippen LogP contribution in [0.2, 0.25) is 0 Å². The Kier molecular flexibility index (Phi) is 39.1. The van der Waals surface area contributed by atoms with Crippen molar-refractivity contribution in [3.63, 3.8) is 0 Å². The van der Waals surface area contributed by atoms with E-state index in [4.69, 9.17) is 10.8 Å². The molecule has 0 aliphatic heterocycles. The molecule has 0 aromatic heterocycles. The smallest absolute Gasteiger partial charge is 2.00 e. The largest absolute Gasteiger partial charge is 2.00 e. The van der Waals surface area contributed by atoms with Gasteiger partial charge in [0.05, 0.1) is 0 Å². The van der Waals surface area contributed by atoms with Gasteiger partial charge in [0.2, 0.25) is 5.91 Å². The molecule has 27 heavy (non-hydrogen) atoms. The van der Waals surface area contributed by atoms with Crippen molar-refractivity contribution in [3.8, 4) is 0 Å². The van der Waals surface area contributed by atoms with E-state index >= 15 is 0 Å². The zero-order valence-corrected chi connectivity index (χ0v) is 18.5. The van der Waals surface area contributed by atoms with E-state index in [0.29, 0.717) is 19.4 Å². The van der Waals surface area contributed by atoms with Crippen molar-refractivity contribution in [1.82, 2.24) is 5.32 Å². The van der Waals surface area contributed by atoms with Crippen LogP contribution in [-0.4, -0.2) is 29.6 Å². The van der Waals surface area contributed by atoms with Crippen LogP contribution in [0, 0.1) is 0 Å². The van der Waals surface area contributed by atoms with Gasteiger partial charge in [0.1, 0.15) is 6.04 Å². The van der Waals surface area contributed by atoms with E-state index in [9.17, 15) is 9.59 Å². The first-order valence-corrected chi connectivity index (χ1v) is 9.34. The number of carboxylic acid groups (broad SMARTS) is 1. The third-order valence-electron chi connectivity index (χ3n) is 4.09. The summed E-state index contributed by atoms with van der Waals surface area (Å²) in [5, 5.41) is 11.7. The maximum absolute atomic E-state index is 11.8. The Morgan fingerprint density at radius 3 is 1.78 bits per heavy atom. The first-order chi connectivity index (χ1) is 11.1. The molecule has 0 unspecified atom stereocenters. The van der Waals surface area contributed by atoms with Crippen molar-refractivity contribution in [2.45, 2.75) is 96.4 Å². The minimum absolute atomic E-state index is 0. The summed E-state index contributed by atoms with van der Waals surface area (Å²) >= 11 is 0. The van der Waals surface area contributed by atoms with Crippen molar-refractivity contribution in [1.29, 1.82) is 0 Å². The van der Waals surface area contributed by atoms with Gasteiger partial charge >= 0.3 is 40.1 Å². The molecule has 7 nitrogen and oxygen atoms in total. The molecule has 0 aromatic carbocycles. The van der Waals surface area contributed by atoms with Crippen LogP contribution in [0.25, 0.3) is 0 Å². The van der Waals surface area contributed by atoms with Gasteiger partial charge in [-0.2, -0.15) is 0 Å². The maximum atomic E-state index is 11.8. The third-order valence-corrected chi connectivity index (χ3v) is 4.09. The van der Waals surface area contributed by atoms with Crippen LogP contribution in [0.3, 0.4) is 0 Å². The van der Waals surface area contributed by atoms with Crippen LogP contribution in [0.15, 0.2) is 0 Å². The molecule has 9 heteroatoms. The standard InChI is InChI=1S/C18H36N2O3.2Fe.2O/c1-2-3-4-5-6-7-8-9-10-14-17(21)20-16(18(22)23)13-11-12-15-19;;;;/h16H,2-15,19H2,1H3,(H,20,21)(H,22,23);;;;/q;2*+2;2*-2/t16-;;;;/m0..../s1. The SMILES string of the molecule is CCCCCCCCCCCC(=O)N[C@@H](CCCCN)C(=O)O.[Fe+2].[Fe+2].[O-2].[O-2]. The van der Waals surface area contributed by atoms with Gasteiger partial charge in [-0.15, -0.1) is 0 Å². The van der Waals surface area contributed by atoms with Crippen LogP contribution in [0.4, 0.5) is 0 Å². The van der Waals surface area contributed by atoms with Crippen LogP contribution >= 0.6 is 0 Å². The summed E-state index contributed by atoms with van der Waals surface area (Å²) in [5.41, 5.74) is 5.40. The second-order valence-electron chi connectivity index (χ2n) is 6.32. The summed E-state index contributed by atoms with van der Waals surface area (Å²) in [6.45, 7) is 2.77. The van der Waals surface area contributed by atoms with E-state index in [0.717, 1.165) is 32.1 Å². The number of hydrogen-bond donors (Lipinski definition) is 3. The Morgan fingerprint density at radius 2 is 1.33 bits per heavy atom. The number of aliphatic carboxylic acids is 1. The van der Waals surface area contributed by atoms with Crippen molar-refractivity contribution >= 4 is 11.9 Å². The van der Waals surface area contributed by atoms with Gasteiger partial charge in [-0.3, -0.25) is 4.79 Å². The van der Waals surface area contributed by atoms with Crippen LogP contribution < -0.4 is 11.1 Å². The molecule has 0 fully saturated rings. The molecule has 0 saturated carbocycles. The number of unbranched alkanes of at least 4 members (excludes halogenated alkanes) is 9. The van der Waals surface area contributed by atoms with Crippen molar-refractivity contribution in [2.75, 3.05) is 6.54 Å². The van der Waals surface area contributed by atoms with Gasteiger partial charge in [-0.25, -0.2) is 4.79 Å². The zero-order valence-electron chi connectivity index (χ0n) is 16.3. The number of carbonyl (C=O) groups is 2. The summed E-state index contributed by atoms with van der Waals surface area (Å²) in [7, 11) is 0. The number of hydrogen-bond acceptors (Lipinski definition) is 3. The first-order valence-electron chi connectivity index (χ1n) is 9.34. The molecule has 0 aliphatic carbocycles. The number of carboxylic acids is 1. The minimum atomic E-state index is -0.956. The molecule has 0 heterocycles. The molecule has 0 rings (SSSR count). The van der Waals surface area contributed by atoms with E-state index in [1.807, 2.05) is 0 Å². The number of nitrogens with one attached hydrogen (secondary N) is 1. The number of rotatable bonds is 16. The van der Waals surface area contributed by atoms with E-state index < -0.39 is 12.0 Å². The van der Waals surface area contributed by atoms with Gasteiger partial charge < -0.3 is 27.1 Å². The summed E-state index contributed by atoms with van der Waals surface area (Å²) in [4.78, 5) is 22.9. The molecule has 0 bridgehead atoms. The molecule has 1 atom stereocenters. The van der Waals surface area contributed by atoms with Crippen molar-refractivity contribution in [3.05, 3.63) is 0 Å². The molecule has 164 valence electrons. The van der Waals surface area contributed by atoms with E-state index in [2.05, 4.69) is 12.2 Å². The third kappa shape index (κ3) is 25.9. The van der Waals surface area contributed by atoms with Gasteiger partial charge in [0.25, 0.3) is 0 Å². The molecular formula is C18H36Fe2N2O5. The number of amides is 1. The second-order valence-corrected chi connectivity index (χ2v) is 6.32. The molecule has 4 N–H and O–H groups in total. The fraction of sp³-hybridized carbons (Fsp3) is 0.889. The summed E-state index contributed by atoms with van der Waals surface area (Å²) < 4.78 is 0. The van der Waals surface area contributed by atoms with Gasteiger partial charge in [0.15, 0.2) is 0 Å². The minimum Gasteiger partial charge on any atom is -2.00 e. The maximum Gasteiger partial charge on any atom is 2.00 e. The summed E-state index contributed by atoms with van der Waals surface area (Å²) in [6.07, 6.45) is 13.2. The Balaban J connectivity index is -0.000000403. The number of carbonyl (C=O) groups excluding carboxylic acids is 1. The topological polar surface area (TPSA) is 149 Å². The zero-order chi connectivity index (χ0) is 17.3. The van der Waals surface area contributed by atoms with E-state index in [1.54, 1.807) is 0 Å². The normalized spacial score (nSPS) is 10.3. The monoisotopic (exact) mass is 472 g/mol. The fourth-order valence-corrected chi connectivity index (χ4v) is 2.61. The molecule has 0 radical (unpaired) electrons. The Hall–Kier alpha value is -0.141. The Labute approximate surface area is 185 Å². The quantitative estimate of drug-likeness (QED) is 0.233. The molecule has 0 spiro atoms. The predicted molar refractivity (Wildman–Crippen MR) is 95.7 cm³/mol. The van der Waals surface area contributed by atoms with Crippen molar-refractivity contribution in [2.24, 2.45) is 5.73 Å². The van der Waals surface area contributed by atoms with Crippen LogP contribution in [-0.2, 0) is 54.7 Å². The Morgan fingerprint density at radius 1 is 0.852 bits per heavy atom. The average molecular weight is 472 g/mol. The average Bonchev–Trinajstić information content (AvgIpc) is 2.52. The predicted octanol–water partition coefficient (Wildman–Crippen LogP) is 3.36. The molecule has 0 saturated heterocycles. The first kappa shape index (κ1) is 37.6. The molecule has 0 aromatic rings. The molecule has 1 amide bonds. The van der Waals surface area contributed by atoms with Gasteiger partial charge in [-0.1, -0.05) is 58.3 Å². The van der Waals surface area contributed by atoms with Crippen LogP contribution in [0.1, 0.15) is 90.4 Å². The summed E-state index contributed by atoms with van der Waals surface area (Å²) in [6, 6.07) is -0.771. The van der Waals surface area contributed by atoms with E-state index in [-0.39, 0.29) is 51.0 Å². The molecule has 0 aliphatic rings. The molecular weight excluding hydrogens is 436 g/mol. The Bertz CT molecular complexity index is 324. The van der Waals surface area contributed by atoms with Gasteiger partial charge in [-0.05, 0) is 32.2 Å². The van der Waals surface area contributed by atoms with E-state index in [1.165, 1.54) is 38.5 Å². The summed E-state index contributed by atoms with van der Waals surface area (Å²) in [5.74, 6) is -1.10. The van der Waals surface area contributed by atoms with Crippen molar-refractivity contribution < 1.29 is 59.8 Å². The fourth-order valence-electron chi connectivity index (χ4n) is 2.61. The second kappa shape index (κ2) is 28.1.